The van der Waals surface area contributed by atoms with Crippen LogP contribution in [0.2, 0.25) is 0 Å². The maximum atomic E-state index is 12.7. The first-order chi connectivity index (χ1) is 10.5. The van der Waals surface area contributed by atoms with Gasteiger partial charge in [-0.15, -0.1) is 0 Å². The fraction of sp³-hybridized carbons (Fsp3) is 0.222. The molecule has 1 aliphatic heterocycles. The Morgan fingerprint density at radius 1 is 1.00 bits per heavy atom. The Labute approximate surface area is 129 Å². The quantitative estimate of drug-likeness (QED) is 0.885. The third-order valence-corrected chi connectivity index (χ3v) is 4.10. The zero-order valence-electron chi connectivity index (χ0n) is 12.5. The fourth-order valence-electron chi connectivity index (χ4n) is 2.62. The molecule has 1 atom stereocenters. The van der Waals surface area contributed by atoms with Gasteiger partial charge in [0.1, 0.15) is 0 Å². The smallest absolute Gasteiger partial charge is 0.309 e. The van der Waals surface area contributed by atoms with E-state index in [0.717, 1.165) is 5.56 Å². The average molecular weight is 295 g/mol. The molecule has 2 aromatic rings. The van der Waals surface area contributed by atoms with Gasteiger partial charge in [-0.3, -0.25) is 4.79 Å². The van der Waals surface area contributed by atoms with Crippen molar-refractivity contribution in [1.29, 1.82) is 0 Å². The summed E-state index contributed by atoms with van der Waals surface area (Å²) in [6.07, 6.45) is 0. The molecule has 0 aliphatic carbocycles. The van der Waals surface area contributed by atoms with E-state index in [1.165, 1.54) is 0 Å². The van der Waals surface area contributed by atoms with Crippen molar-refractivity contribution in [2.24, 2.45) is 10.6 Å². The van der Waals surface area contributed by atoms with E-state index in [-0.39, 0.29) is 0 Å². The van der Waals surface area contributed by atoms with E-state index in [4.69, 9.17) is 4.84 Å². The van der Waals surface area contributed by atoms with Gasteiger partial charge < -0.3 is 9.94 Å². The fourth-order valence-corrected chi connectivity index (χ4v) is 2.62. The van der Waals surface area contributed by atoms with E-state index in [2.05, 4.69) is 5.16 Å². The summed E-state index contributed by atoms with van der Waals surface area (Å²) in [4.78, 5) is 17.9. The van der Waals surface area contributed by atoms with Crippen molar-refractivity contribution >= 4 is 11.5 Å². The Hall–Kier alpha value is -2.46. The third kappa shape index (κ3) is 2.04. The number of hydrogen-bond donors (Lipinski definition) is 1. The molecule has 0 saturated heterocycles. The van der Waals surface area contributed by atoms with E-state index in [0.29, 0.717) is 11.3 Å². The molecular weight excluding hydrogens is 278 g/mol. The van der Waals surface area contributed by atoms with Gasteiger partial charge in [0.15, 0.2) is 0 Å². The summed E-state index contributed by atoms with van der Waals surface area (Å²) < 4.78 is 0. The Morgan fingerprint density at radius 2 is 1.55 bits per heavy atom. The molecular formula is C18H17NO3. The highest BCUT2D eigenvalue weighted by atomic mass is 16.7. The lowest BCUT2D eigenvalue weighted by atomic mass is 9.74. The molecule has 22 heavy (non-hydrogen) atoms. The van der Waals surface area contributed by atoms with Crippen molar-refractivity contribution in [3.8, 4) is 0 Å². The van der Waals surface area contributed by atoms with E-state index in [9.17, 15) is 9.90 Å². The molecule has 0 unspecified atom stereocenters. The number of hydrogen-bond acceptors (Lipinski definition) is 4. The molecule has 0 aromatic heterocycles. The van der Waals surface area contributed by atoms with Crippen molar-refractivity contribution in [2.75, 3.05) is 0 Å². The molecule has 3 rings (SSSR count). The molecule has 0 fully saturated rings. The van der Waals surface area contributed by atoms with Gasteiger partial charge in [-0.1, -0.05) is 65.8 Å². The summed E-state index contributed by atoms with van der Waals surface area (Å²) in [6.45, 7) is 3.51. The minimum absolute atomic E-state index is 0.391. The average Bonchev–Trinajstić information content (AvgIpc) is 2.79. The molecule has 112 valence electrons. The zero-order valence-corrected chi connectivity index (χ0v) is 12.5. The molecule has 0 spiro atoms. The van der Waals surface area contributed by atoms with Crippen LogP contribution in [0.15, 0.2) is 65.8 Å². The minimum atomic E-state index is -2.01. The summed E-state index contributed by atoms with van der Waals surface area (Å²) in [7, 11) is 0. The van der Waals surface area contributed by atoms with Crippen LogP contribution in [-0.2, 0) is 4.84 Å². The highest BCUT2D eigenvalue weighted by Crippen LogP contribution is 2.43. The monoisotopic (exact) mass is 295 g/mol. The lowest BCUT2D eigenvalue weighted by molar-refractivity contribution is -0.189. The maximum absolute atomic E-state index is 12.7. The largest absolute Gasteiger partial charge is 0.350 e. The number of ketones is 1. The van der Waals surface area contributed by atoms with Crippen LogP contribution < -0.4 is 0 Å². The summed E-state index contributed by atoms with van der Waals surface area (Å²) in [6, 6.07) is 18.0. The molecule has 0 amide bonds. The van der Waals surface area contributed by atoms with Crippen molar-refractivity contribution in [3.05, 3.63) is 71.8 Å². The molecule has 0 radical (unpaired) electrons. The van der Waals surface area contributed by atoms with Crippen LogP contribution in [-0.4, -0.2) is 22.4 Å². The predicted molar refractivity (Wildman–Crippen MR) is 83.6 cm³/mol. The van der Waals surface area contributed by atoms with Crippen LogP contribution in [0.3, 0.4) is 0 Å². The first-order valence-electron chi connectivity index (χ1n) is 7.11. The lowest BCUT2D eigenvalue weighted by Crippen LogP contribution is -2.52. The third-order valence-electron chi connectivity index (χ3n) is 4.10. The van der Waals surface area contributed by atoms with Crippen LogP contribution in [0.1, 0.15) is 29.8 Å². The van der Waals surface area contributed by atoms with Gasteiger partial charge in [-0.05, 0) is 13.8 Å². The predicted octanol–water partition coefficient (Wildman–Crippen LogP) is 3.02. The molecule has 4 nitrogen and oxygen atoms in total. The second kappa shape index (κ2) is 5.07. The van der Waals surface area contributed by atoms with Crippen LogP contribution in [0.4, 0.5) is 0 Å². The first kappa shape index (κ1) is 14.5. The summed E-state index contributed by atoms with van der Waals surface area (Å²) in [5.41, 5.74) is 0.799. The molecule has 2 aromatic carbocycles. The maximum Gasteiger partial charge on any atom is 0.309 e. The van der Waals surface area contributed by atoms with E-state index in [1.54, 1.807) is 38.1 Å². The van der Waals surface area contributed by atoms with Crippen molar-refractivity contribution in [1.82, 2.24) is 0 Å². The molecule has 0 saturated carbocycles. The van der Waals surface area contributed by atoms with Crippen molar-refractivity contribution in [3.63, 3.8) is 0 Å². The number of oxime groups is 1. The number of carbonyl (C=O) groups excluding carboxylic acids is 1. The van der Waals surface area contributed by atoms with Crippen LogP contribution in [0.25, 0.3) is 0 Å². The highest BCUT2D eigenvalue weighted by molar-refractivity contribution is 6.12. The Morgan fingerprint density at radius 3 is 2.14 bits per heavy atom. The number of nitrogens with zero attached hydrogens (tertiary/aromatic N) is 1. The van der Waals surface area contributed by atoms with Crippen LogP contribution in [0, 0.1) is 5.41 Å². The van der Waals surface area contributed by atoms with Gasteiger partial charge in [0.05, 0.1) is 11.1 Å². The first-order valence-corrected chi connectivity index (χ1v) is 7.11. The second-order valence-corrected chi connectivity index (χ2v) is 5.86. The van der Waals surface area contributed by atoms with Gasteiger partial charge in [0.2, 0.25) is 5.78 Å². The number of benzene rings is 2. The van der Waals surface area contributed by atoms with Gasteiger partial charge in [-0.25, -0.2) is 0 Å². The summed E-state index contributed by atoms with van der Waals surface area (Å²) in [5, 5.41) is 14.9. The Kier molecular flexibility index (Phi) is 3.34. The highest BCUT2D eigenvalue weighted by Gasteiger charge is 2.60. The molecule has 4 heteroatoms. The summed E-state index contributed by atoms with van der Waals surface area (Å²) >= 11 is 0. The number of Topliss-reactive ketones (excluding diaryl/α,β-unsaturated/α-hetero) is 1. The minimum Gasteiger partial charge on any atom is -0.350 e. The normalized spacial score (nSPS) is 22.8. The van der Waals surface area contributed by atoms with Crippen LogP contribution >= 0.6 is 0 Å². The van der Waals surface area contributed by atoms with Gasteiger partial charge in [-0.2, -0.15) is 0 Å². The molecule has 1 aliphatic rings. The van der Waals surface area contributed by atoms with Gasteiger partial charge in [0, 0.05) is 11.1 Å². The van der Waals surface area contributed by atoms with E-state index < -0.39 is 17.0 Å². The van der Waals surface area contributed by atoms with Crippen LogP contribution in [0.5, 0.6) is 0 Å². The van der Waals surface area contributed by atoms with Gasteiger partial charge in [0.25, 0.3) is 0 Å². The standard InChI is InChI=1S/C18H17NO3/c1-17(2)15(13-9-5-3-6-10-13)19-22-18(17,21)16(20)14-11-7-4-8-12-14/h3-12,21H,1-2H3/t18-/m1/s1. The van der Waals surface area contributed by atoms with E-state index >= 15 is 0 Å². The zero-order chi connectivity index (χ0) is 15.8. The number of carbonyl (C=O) groups is 1. The Bertz CT molecular complexity index is 723. The SMILES string of the molecule is CC1(C)C(c2ccccc2)=NO[C@]1(O)C(=O)c1ccccc1. The topological polar surface area (TPSA) is 58.9 Å². The molecule has 1 heterocycles. The molecule has 0 bridgehead atoms. The lowest BCUT2D eigenvalue weighted by Gasteiger charge is -2.32. The molecule has 1 N–H and O–H groups in total. The number of rotatable bonds is 3. The van der Waals surface area contributed by atoms with Crippen molar-refractivity contribution in [2.45, 2.75) is 19.6 Å². The number of aliphatic hydroxyl groups is 1. The van der Waals surface area contributed by atoms with Crippen molar-refractivity contribution < 1.29 is 14.7 Å². The van der Waals surface area contributed by atoms with Gasteiger partial charge >= 0.3 is 5.79 Å². The summed E-state index contributed by atoms with van der Waals surface area (Å²) in [5.74, 6) is -2.51. The second-order valence-electron chi connectivity index (χ2n) is 5.86. The Balaban J connectivity index is 1.99. The van der Waals surface area contributed by atoms with E-state index in [1.807, 2.05) is 36.4 Å².